The minimum atomic E-state index is -3.43. The standard InChI is InChI=1S/C11H14N2O2S/c1-10-5-4-8-13(9-10)16(14,15)11-6-2-3-7-12-11/h2-3,6-7H,1,4-5,8-9H2. The molecule has 86 valence electrons. The molecule has 0 N–H and O–H groups in total. The molecule has 1 aliphatic heterocycles. The second-order valence-electron chi connectivity index (χ2n) is 3.86. The van der Waals surface area contributed by atoms with Gasteiger partial charge in [0.1, 0.15) is 0 Å². The van der Waals surface area contributed by atoms with Gasteiger partial charge in [0, 0.05) is 19.3 Å². The minimum absolute atomic E-state index is 0.115. The molecule has 1 aromatic rings. The molecule has 0 aromatic carbocycles. The Kier molecular flexibility index (Phi) is 3.07. The van der Waals surface area contributed by atoms with Crippen molar-refractivity contribution < 1.29 is 8.42 Å². The van der Waals surface area contributed by atoms with E-state index in [4.69, 9.17) is 0 Å². The zero-order valence-electron chi connectivity index (χ0n) is 8.96. The van der Waals surface area contributed by atoms with E-state index in [1.54, 1.807) is 12.1 Å². The maximum absolute atomic E-state index is 12.2. The molecule has 2 heterocycles. The molecule has 4 nitrogen and oxygen atoms in total. The van der Waals surface area contributed by atoms with Crippen LogP contribution in [-0.4, -0.2) is 30.8 Å². The zero-order chi connectivity index (χ0) is 11.6. The molecule has 16 heavy (non-hydrogen) atoms. The molecule has 1 aliphatic rings. The van der Waals surface area contributed by atoms with Gasteiger partial charge in [0.05, 0.1) is 0 Å². The lowest BCUT2D eigenvalue weighted by Gasteiger charge is -2.26. The van der Waals surface area contributed by atoms with Crippen LogP contribution in [0.25, 0.3) is 0 Å². The molecular weight excluding hydrogens is 224 g/mol. The van der Waals surface area contributed by atoms with Gasteiger partial charge < -0.3 is 0 Å². The summed E-state index contributed by atoms with van der Waals surface area (Å²) in [6.45, 7) is 4.81. The molecule has 1 saturated heterocycles. The Balaban J connectivity index is 2.29. The summed E-state index contributed by atoms with van der Waals surface area (Å²) in [6, 6.07) is 4.90. The minimum Gasteiger partial charge on any atom is -0.243 e. The van der Waals surface area contributed by atoms with Gasteiger partial charge in [-0.05, 0) is 25.0 Å². The van der Waals surface area contributed by atoms with Crippen molar-refractivity contribution in [1.29, 1.82) is 0 Å². The topological polar surface area (TPSA) is 50.3 Å². The lowest BCUT2D eigenvalue weighted by Crippen LogP contribution is -2.36. The number of piperidine rings is 1. The maximum Gasteiger partial charge on any atom is 0.260 e. The number of rotatable bonds is 2. The average molecular weight is 238 g/mol. The first-order chi connectivity index (χ1) is 7.60. The second kappa shape index (κ2) is 4.35. The van der Waals surface area contributed by atoms with Gasteiger partial charge in [-0.25, -0.2) is 13.4 Å². The van der Waals surface area contributed by atoms with Crippen molar-refractivity contribution in [2.24, 2.45) is 0 Å². The van der Waals surface area contributed by atoms with Gasteiger partial charge in [0.15, 0.2) is 5.03 Å². The Morgan fingerprint density at radius 2 is 2.19 bits per heavy atom. The Bertz CT molecular complexity index is 482. The fraction of sp³-hybridized carbons (Fsp3) is 0.364. The summed E-state index contributed by atoms with van der Waals surface area (Å²) < 4.78 is 25.8. The van der Waals surface area contributed by atoms with Crippen LogP contribution >= 0.6 is 0 Å². The third-order valence-electron chi connectivity index (χ3n) is 2.58. The van der Waals surface area contributed by atoms with Gasteiger partial charge >= 0.3 is 0 Å². The molecule has 5 heteroatoms. The molecule has 0 unspecified atom stereocenters. The number of pyridine rings is 1. The fourth-order valence-electron chi connectivity index (χ4n) is 1.75. The van der Waals surface area contributed by atoms with Crippen LogP contribution in [0.2, 0.25) is 0 Å². The fourth-order valence-corrected chi connectivity index (χ4v) is 3.18. The van der Waals surface area contributed by atoms with Crippen molar-refractivity contribution in [3.05, 3.63) is 36.5 Å². The van der Waals surface area contributed by atoms with Crippen LogP contribution < -0.4 is 0 Å². The third-order valence-corrected chi connectivity index (χ3v) is 4.34. The van der Waals surface area contributed by atoms with Gasteiger partial charge in [0.25, 0.3) is 10.0 Å². The number of hydrogen-bond acceptors (Lipinski definition) is 3. The smallest absolute Gasteiger partial charge is 0.243 e. The van der Waals surface area contributed by atoms with E-state index < -0.39 is 10.0 Å². The Hall–Kier alpha value is -1.20. The van der Waals surface area contributed by atoms with Crippen LogP contribution in [0.3, 0.4) is 0 Å². The van der Waals surface area contributed by atoms with Gasteiger partial charge in [-0.1, -0.05) is 18.2 Å². The van der Waals surface area contributed by atoms with Gasteiger partial charge in [0.2, 0.25) is 0 Å². The van der Waals surface area contributed by atoms with Crippen LogP contribution in [0.15, 0.2) is 41.6 Å². The number of aromatic nitrogens is 1. The van der Waals surface area contributed by atoms with Crippen molar-refractivity contribution in [1.82, 2.24) is 9.29 Å². The monoisotopic (exact) mass is 238 g/mol. The highest BCUT2D eigenvalue weighted by molar-refractivity contribution is 7.89. The normalized spacial score (nSPS) is 18.6. The molecule has 0 aliphatic carbocycles. The summed E-state index contributed by atoms with van der Waals surface area (Å²) >= 11 is 0. The maximum atomic E-state index is 12.2. The molecule has 0 bridgehead atoms. The molecule has 0 saturated carbocycles. The van der Waals surface area contributed by atoms with E-state index in [0.717, 1.165) is 18.4 Å². The van der Waals surface area contributed by atoms with Crippen LogP contribution in [0.1, 0.15) is 12.8 Å². The van der Waals surface area contributed by atoms with Crippen molar-refractivity contribution >= 4 is 10.0 Å². The predicted molar refractivity (Wildman–Crippen MR) is 61.4 cm³/mol. The van der Waals surface area contributed by atoms with Gasteiger partial charge in [-0.15, -0.1) is 0 Å². The van der Waals surface area contributed by atoms with Crippen LogP contribution in [0.5, 0.6) is 0 Å². The lowest BCUT2D eigenvalue weighted by atomic mass is 10.1. The number of hydrogen-bond donors (Lipinski definition) is 0. The highest BCUT2D eigenvalue weighted by Gasteiger charge is 2.27. The summed E-state index contributed by atoms with van der Waals surface area (Å²) in [7, 11) is -3.43. The van der Waals surface area contributed by atoms with Crippen LogP contribution in [0.4, 0.5) is 0 Å². The number of sulfonamides is 1. The quantitative estimate of drug-likeness (QED) is 0.732. The van der Waals surface area contributed by atoms with Crippen LogP contribution in [0, 0.1) is 0 Å². The molecule has 2 rings (SSSR count). The molecule has 1 aromatic heterocycles. The average Bonchev–Trinajstić information content (AvgIpc) is 2.30. The molecule has 0 radical (unpaired) electrons. The summed E-state index contributed by atoms with van der Waals surface area (Å²) in [6.07, 6.45) is 3.24. The molecule has 0 atom stereocenters. The van der Waals surface area contributed by atoms with Gasteiger partial charge in [-0.2, -0.15) is 4.31 Å². The van der Waals surface area contributed by atoms with E-state index in [-0.39, 0.29) is 5.03 Å². The Morgan fingerprint density at radius 1 is 1.38 bits per heavy atom. The first-order valence-electron chi connectivity index (χ1n) is 5.18. The summed E-state index contributed by atoms with van der Waals surface area (Å²) in [5.74, 6) is 0. The second-order valence-corrected chi connectivity index (χ2v) is 5.74. The molecule has 1 fully saturated rings. The molecule has 0 amide bonds. The predicted octanol–water partition coefficient (Wildman–Crippen LogP) is 1.42. The zero-order valence-corrected chi connectivity index (χ0v) is 9.78. The summed E-state index contributed by atoms with van der Waals surface area (Å²) in [5, 5.41) is 0.115. The van der Waals surface area contributed by atoms with E-state index in [9.17, 15) is 8.42 Å². The van der Waals surface area contributed by atoms with E-state index in [2.05, 4.69) is 11.6 Å². The Morgan fingerprint density at radius 3 is 2.81 bits per heavy atom. The van der Waals surface area contributed by atoms with Crippen molar-refractivity contribution in [3.63, 3.8) is 0 Å². The first-order valence-corrected chi connectivity index (χ1v) is 6.62. The van der Waals surface area contributed by atoms with E-state index in [0.29, 0.717) is 13.1 Å². The van der Waals surface area contributed by atoms with E-state index >= 15 is 0 Å². The highest BCUT2D eigenvalue weighted by atomic mass is 32.2. The SMILES string of the molecule is C=C1CCCN(S(=O)(=O)c2ccccn2)C1. The Labute approximate surface area is 95.7 Å². The highest BCUT2D eigenvalue weighted by Crippen LogP contribution is 2.20. The molecule has 0 spiro atoms. The third kappa shape index (κ3) is 2.15. The van der Waals surface area contributed by atoms with Gasteiger partial charge in [-0.3, -0.25) is 0 Å². The summed E-state index contributed by atoms with van der Waals surface area (Å²) in [4.78, 5) is 3.89. The largest absolute Gasteiger partial charge is 0.260 e. The number of nitrogens with zero attached hydrogens (tertiary/aromatic N) is 2. The van der Waals surface area contributed by atoms with Crippen molar-refractivity contribution in [2.45, 2.75) is 17.9 Å². The van der Waals surface area contributed by atoms with E-state index in [1.807, 2.05) is 0 Å². The van der Waals surface area contributed by atoms with E-state index in [1.165, 1.54) is 16.6 Å². The lowest BCUT2D eigenvalue weighted by molar-refractivity contribution is 0.394. The summed E-state index contributed by atoms with van der Waals surface area (Å²) in [5.41, 5.74) is 0.964. The van der Waals surface area contributed by atoms with Crippen molar-refractivity contribution in [2.75, 3.05) is 13.1 Å². The van der Waals surface area contributed by atoms with Crippen LogP contribution in [-0.2, 0) is 10.0 Å². The molecular formula is C11H14N2O2S. The van der Waals surface area contributed by atoms with Crippen molar-refractivity contribution in [3.8, 4) is 0 Å². The first kappa shape index (κ1) is 11.3.